The molecule has 0 atom stereocenters. The van der Waals surface area contributed by atoms with Crippen molar-refractivity contribution in [2.24, 2.45) is 0 Å². The van der Waals surface area contributed by atoms with Crippen molar-refractivity contribution in [1.82, 2.24) is 0 Å². The molecule has 1 fully saturated rings. The maximum atomic E-state index is 9.97. The standard InChI is InChI=1S/C9H20N2O.ClH/c1-8(2)5-7(10)6-9(3,4)11(8)12;/h7,12H,5-6,10H2,1-4H3;1H/p+1. The normalized spacial score (nSPS) is 36.5. The Morgan fingerprint density at radius 2 is 1.46 bits per heavy atom. The largest absolute Gasteiger partial charge is 1.00 e. The van der Waals surface area contributed by atoms with Crippen molar-refractivity contribution in [2.75, 3.05) is 0 Å². The summed E-state index contributed by atoms with van der Waals surface area (Å²) in [5, 5.41) is 10.6. The monoisotopic (exact) mass is 209 g/mol. The highest BCUT2D eigenvalue weighted by Gasteiger charge is 2.49. The molecule has 80 valence electrons. The number of rotatable bonds is 0. The first-order valence-corrected chi connectivity index (χ1v) is 4.66. The Balaban J connectivity index is 0.00000144. The van der Waals surface area contributed by atoms with Crippen LogP contribution in [0.3, 0.4) is 0 Å². The van der Waals surface area contributed by atoms with Crippen LogP contribution in [0.2, 0.25) is 0 Å². The van der Waals surface area contributed by atoms with E-state index in [1.54, 1.807) is 0 Å². The minimum absolute atomic E-state index is 0. The molecule has 1 aliphatic heterocycles. The van der Waals surface area contributed by atoms with E-state index in [9.17, 15) is 5.21 Å². The Kier molecular flexibility index (Phi) is 3.78. The van der Waals surface area contributed by atoms with Crippen LogP contribution in [0.15, 0.2) is 0 Å². The molecule has 0 aromatic rings. The molecular weight excluding hydrogens is 188 g/mol. The Morgan fingerprint density at radius 1 is 1.15 bits per heavy atom. The third-order valence-electron chi connectivity index (χ3n) is 2.88. The van der Waals surface area contributed by atoms with Gasteiger partial charge in [0.25, 0.3) is 0 Å². The molecule has 13 heavy (non-hydrogen) atoms. The van der Waals surface area contributed by atoms with Gasteiger partial charge in [-0.25, -0.2) is 5.21 Å². The maximum Gasteiger partial charge on any atom is 0.128 e. The predicted octanol–water partition coefficient (Wildman–Crippen LogP) is -3.77. The molecule has 0 aliphatic carbocycles. The second-order valence-corrected chi connectivity index (χ2v) is 5.39. The fraction of sp³-hybridized carbons (Fsp3) is 1.00. The average molecular weight is 210 g/mol. The van der Waals surface area contributed by atoms with Gasteiger partial charge >= 0.3 is 0 Å². The Morgan fingerprint density at radius 3 is 1.77 bits per heavy atom. The maximum absolute atomic E-state index is 9.97. The summed E-state index contributed by atoms with van der Waals surface area (Å²) >= 11 is 0. The van der Waals surface area contributed by atoms with Crippen molar-refractivity contribution in [2.45, 2.75) is 57.7 Å². The van der Waals surface area contributed by atoms with E-state index in [-0.39, 0.29) is 23.5 Å². The van der Waals surface area contributed by atoms with E-state index in [2.05, 4.69) is 33.4 Å². The summed E-state index contributed by atoms with van der Waals surface area (Å²) in [7, 11) is 0. The number of nitrogens with one attached hydrogen (secondary N) is 1. The Labute approximate surface area is 86.7 Å². The quantitative estimate of drug-likeness (QED) is 0.377. The fourth-order valence-electron chi connectivity index (χ4n) is 2.62. The lowest BCUT2D eigenvalue weighted by Gasteiger charge is -2.44. The van der Waals surface area contributed by atoms with Crippen LogP contribution in [-0.2, 0) is 0 Å². The molecule has 0 amide bonds. The van der Waals surface area contributed by atoms with Crippen molar-refractivity contribution < 1.29 is 28.4 Å². The van der Waals surface area contributed by atoms with E-state index >= 15 is 0 Å². The molecule has 0 unspecified atom stereocenters. The molecule has 1 rings (SSSR count). The van der Waals surface area contributed by atoms with Crippen LogP contribution in [-0.4, -0.2) is 22.3 Å². The molecule has 5 N–H and O–H groups in total. The summed E-state index contributed by atoms with van der Waals surface area (Å²) in [4.78, 5) is 0. The minimum atomic E-state index is -0.0475. The molecular formula is C9H22ClN2O+. The highest BCUT2D eigenvalue weighted by atomic mass is 35.5. The van der Waals surface area contributed by atoms with Gasteiger partial charge in [0.05, 0.1) is 18.9 Å². The predicted molar refractivity (Wildman–Crippen MR) is 46.8 cm³/mol. The van der Waals surface area contributed by atoms with Crippen LogP contribution in [0.25, 0.3) is 0 Å². The molecule has 0 aromatic carbocycles. The lowest BCUT2D eigenvalue weighted by atomic mass is 9.79. The van der Waals surface area contributed by atoms with E-state index in [0.717, 1.165) is 12.8 Å². The van der Waals surface area contributed by atoms with Crippen LogP contribution in [0, 0.1) is 0 Å². The van der Waals surface area contributed by atoms with E-state index in [1.165, 1.54) is 0 Å². The number of piperidine rings is 1. The summed E-state index contributed by atoms with van der Waals surface area (Å²) in [5.41, 5.74) is 4.00. The molecule has 0 saturated carbocycles. The SMILES string of the molecule is CC1(C)CC([NH3+])CC(C)(C)[NH+]1O.[Cl-]. The fourth-order valence-corrected chi connectivity index (χ4v) is 2.62. The van der Waals surface area contributed by atoms with Gasteiger partial charge in [-0.2, -0.15) is 5.06 Å². The topological polar surface area (TPSA) is 52.3 Å². The molecule has 3 nitrogen and oxygen atoms in total. The van der Waals surface area contributed by atoms with E-state index < -0.39 is 0 Å². The lowest BCUT2D eigenvalue weighted by molar-refractivity contribution is -1.16. The first-order chi connectivity index (χ1) is 5.26. The minimum Gasteiger partial charge on any atom is -1.00 e. The van der Waals surface area contributed by atoms with Gasteiger partial charge in [-0.3, -0.25) is 0 Å². The second-order valence-electron chi connectivity index (χ2n) is 5.39. The van der Waals surface area contributed by atoms with Gasteiger partial charge in [-0.1, -0.05) is 0 Å². The molecule has 0 aromatic heterocycles. The smallest absolute Gasteiger partial charge is 0.128 e. The summed E-state index contributed by atoms with van der Waals surface area (Å²) in [5.74, 6) is 0. The summed E-state index contributed by atoms with van der Waals surface area (Å²) in [6.45, 7) is 8.39. The van der Waals surface area contributed by atoms with E-state index in [0.29, 0.717) is 11.1 Å². The van der Waals surface area contributed by atoms with Gasteiger partial charge in [0.1, 0.15) is 11.1 Å². The van der Waals surface area contributed by atoms with Crippen LogP contribution in [0.1, 0.15) is 40.5 Å². The molecule has 1 saturated heterocycles. The van der Waals surface area contributed by atoms with Gasteiger partial charge in [0.2, 0.25) is 0 Å². The average Bonchev–Trinajstić information content (AvgIpc) is 1.80. The zero-order chi connectivity index (χ0) is 9.57. The molecule has 1 heterocycles. The van der Waals surface area contributed by atoms with Gasteiger partial charge in [-0.15, -0.1) is 0 Å². The van der Waals surface area contributed by atoms with Crippen LogP contribution >= 0.6 is 0 Å². The van der Waals surface area contributed by atoms with Crippen LogP contribution < -0.4 is 23.2 Å². The van der Waals surface area contributed by atoms with Gasteiger partial charge < -0.3 is 18.1 Å². The highest BCUT2D eigenvalue weighted by molar-refractivity contribution is 4.83. The van der Waals surface area contributed by atoms with Gasteiger partial charge in [0, 0.05) is 0 Å². The first-order valence-electron chi connectivity index (χ1n) is 4.66. The summed E-state index contributed by atoms with van der Waals surface area (Å²) in [6, 6.07) is 0.478. The van der Waals surface area contributed by atoms with Crippen molar-refractivity contribution in [3.8, 4) is 0 Å². The molecule has 1 aliphatic rings. The molecule has 0 spiro atoms. The zero-order valence-electron chi connectivity index (χ0n) is 9.02. The van der Waals surface area contributed by atoms with Gasteiger partial charge in [-0.05, 0) is 27.7 Å². The number of hydroxylamine groups is 2. The van der Waals surface area contributed by atoms with Crippen molar-refractivity contribution in [1.29, 1.82) is 0 Å². The number of quaternary nitrogens is 2. The summed E-state index contributed by atoms with van der Waals surface area (Å²) < 4.78 is 0. The Bertz CT molecular complexity index is 164. The van der Waals surface area contributed by atoms with Crippen molar-refractivity contribution in [3.63, 3.8) is 0 Å². The number of hydrogen-bond acceptors (Lipinski definition) is 1. The zero-order valence-corrected chi connectivity index (χ0v) is 9.78. The first kappa shape index (κ1) is 13.2. The third kappa shape index (κ3) is 2.56. The Hall–Kier alpha value is 0.170. The molecule has 0 radical (unpaired) electrons. The van der Waals surface area contributed by atoms with E-state index in [1.807, 2.05) is 0 Å². The second kappa shape index (κ2) is 3.73. The van der Waals surface area contributed by atoms with Crippen LogP contribution in [0.5, 0.6) is 0 Å². The van der Waals surface area contributed by atoms with Crippen molar-refractivity contribution in [3.05, 3.63) is 0 Å². The van der Waals surface area contributed by atoms with Crippen LogP contribution in [0.4, 0.5) is 0 Å². The highest BCUT2D eigenvalue weighted by Crippen LogP contribution is 2.20. The summed E-state index contributed by atoms with van der Waals surface area (Å²) in [6.07, 6.45) is 2.00. The lowest BCUT2D eigenvalue weighted by Crippen LogP contribution is -3.25. The van der Waals surface area contributed by atoms with Crippen molar-refractivity contribution >= 4 is 0 Å². The third-order valence-corrected chi connectivity index (χ3v) is 2.88. The number of hydrogen-bond donors (Lipinski definition) is 3. The number of halogens is 1. The molecule has 0 bridgehead atoms. The molecule has 4 heteroatoms. The van der Waals surface area contributed by atoms with E-state index in [4.69, 9.17) is 0 Å². The van der Waals surface area contributed by atoms with Gasteiger partial charge in [0.15, 0.2) is 0 Å².